The van der Waals surface area contributed by atoms with Crippen LogP contribution in [0, 0.1) is 0 Å². The highest BCUT2D eigenvalue weighted by Crippen LogP contribution is 2.29. The molecular weight excluding hydrogens is 358 g/mol. The van der Waals surface area contributed by atoms with Crippen molar-refractivity contribution < 1.29 is 23.8 Å². The molecule has 0 aliphatic carbocycles. The lowest BCUT2D eigenvalue weighted by Gasteiger charge is -2.28. The molecule has 3 rings (SSSR count). The Balaban J connectivity index is 1.61. The second-order valence-electron chi connectivity index (χ2n) is 6.39. The van der Waals surface area contributed by atoms with Gasteiger partial charge in [-0.05, 0) is 41.3 Å². The van der Waals surface area contributed by atoms with Crippen molar-refractivity contribution >= 4 is 18.0 Å². The van der Waals surface area contributed by atoms with E-state index in [4.69, 9.17) is 9.47 Å². The lowest BCUT2D eigenvalue weighted by molar-refractivity contribution is -0.135. The molecule has 0 unspecified atom stereocenters. The Morgan fingerprint density at radius 3 is 2.61 bits per heavy atom. The first-order valence-electron chi connectivity index (χ1n) is 9.02. The highest BCUT2D eigenvalue weighted by Gasteiger charge is 2.21. The second-order valence-corrected chi connectivity index (χ2v) is 6.39. The summed E-state index contributed by atoms with van der Waals surface area (Å²) in [6, 6.07) is 13.4. The molecule has 0 saturated carbocycles. The molecule has 1 amide bonds. The molecule has 1 aliphatic rings. The van der Waals surface area contributed by atoms with Crippen LogP contribution in [0.1, 0.15) is 16.7 Å². The number of carbonyl (C=O) groups is 2. The number of ether oxygens (including phenoxy) is 3. The fourth-order valence-electron chi connectivity index (χ4n) is 3.08. The minimum absolute atomic E-state index is 0.0596. The number of methoxy groups -OCH3 is 2. The first-order chi connectivity index (χ1) is 13.6. The lowest BCUT2D eigenvalue weighted by Crippen LogP contribution is -2.38. The number of fused-ring (bicyclic) bond motifs is 1. The minimum atomic E-state index is -0.437. The van der Waals surface area contributed by atoms with Gasteiger partial charge in [-0.3, -0.25) is 4.79 Å². The van der Waals surface area contributed by atoms with Gasteiger partial charge in [0, 0.05) is 19.2 Å². The summed E-state index contributed by atoms with van der Waals surface area (Å²) in [6.07, 6.45) is 3.80. The highest BCUT2D eigenvalue weighted by atomic mass is 16.5. The zero-order valence-electron chi connectivity index (χ0n) is 16.0. The molecule has 28 heavy (non-hydrogen) atoms. The molecule has 0 spiro atoms. The fourth-order valence-corrected chi connectivity index (χ4v) is 3.08. The predicted molar refractivity (Wildman–Crippen MR) is 105 cm³/mol. The Morgan fingerprint density at radius 1 is 1.07 bits per heavy atom. The molecule has 6 nitrogen and oxygen atoms in total. The number of hydrogen-bond donors (Lipinski definition) is 0. The molecule has 0 bridgehead atoms. The van der Waals surface area contributed by atoms with E-state index in [1.165, 1.54) is 31.4 Å². The van der Waals surface area contributed by atoms with Crippen LogP contribution in [0.3, 0.4) is 0 Å². The van der Waals surface area contributed by atoms with Crippen LogP contribution in [0.5, 0.6) is 11.5 Å². The van der Waals surface area contributed by atoms with Crippen LogP contribution in [0.15, 0.2) is 48.5 Å². The van der Waals surface area contributed by atoms with Gasteiger partial charge < -0.3 is 19.1 Å². The van der Waals surface area contributed by atoms with Crippen LogP contribution in [0.4, 0.5) is 0 Å². The topological polar surface area (TPSA) is 65.1 Å². The number of rotatable bonds is 6. The summed E-state index contributed by atoms with van der Waals surface area (Å²) >= 11 is 0. The van der Waals surface area contributed by atoms with Gasteiger partial charge in [0.2, 0.25) is 0 Å². The van der Waals surface area contributed by atoms with E-state index in [9.17, 15) is 9.59 Å². The molecule has 6 heteroatoms. The summed E-state index contributed by atoms with van der Waals surface area (Å²) in [5.41, 5.74) is 3.24. The maximum atomic E-state index is 12.6. The van der Waals surface area contributed by atoms with Crippen LogP contribution in [-0.2, 0) is 27.3 Å². The van der Waals surface area contributed by atoms with Crippen molar-refractivity contribution in [3.8, 4) is 11.5 Å². The van der Waals surface area contributed by atoms with E-state index >= 15 is 0 Å². The van der Waals surface area contributed by atoms with Crippen molar-refractivity contribution in [2.75, 3.05) is 27.4 Å². The minimum Gasteiger partial charge on any atom is -0.493 e. The van der Waals surface area contributed by atoms with Gasteiger partial charge in [0.15, 0.2) is 18.1 Å². The molecular formula is C22H23NO5. The van der Waals surface area contributed by atoms with Gasteiger partial charge in [-0.25, -0.2) is 4.79 Å². The number of amides is 1. The zero-order chi connectivity index (χ0) is 19.9. The van der Waals surface area contributed by atoms with Gasteiger partial charge >= 0.3 is 5.97 Å². The SMILES string of the molecule is COC(=O)/C=C/c1ccc(OCC(=O)N2CCc3ccccc3C2)c(OC)c1. The summed E-state index contributed by atoms with van der Waals surface area (Å²) in [6.45, 7) is 1.23. The Bertz CT molecular complexity index is 890. The molecule has 2 aromatic rings. The number of hydrogen-bond acceptors (Lipinski definition) is 5. The number of esters is 1. The van der Waals surface area contributed by atoms with Gasteiger partial charge in [0.05, 0.1) is 14.2 Å². The number of benzene rings is 2. The van der Waals surface area contributed by atoms with Crippen LogP contribution in [0.2, 0.25) is 0 Å². The van der Waals surface area contributed by atoms with Crippen molar-refractivity contribution in [2.24, 2.45) is 0 Å². The molecule has 2 aromatic carbocycles. The van der Waals surface area contributed by atoms with E-state index in [-0.39, 0.29) is 12.5 Å². The molecule has 0 aromatic heterocycles. The van der Waals surface area contributed by atoms with Crippen molar-refractivity contribution in [2.45, 2.75) is 13.0 Å². The third-order valence-corrected chi connectivity index (χ3v) is 4.64. The summed E-state index contributed by atoms with van der Waals surface area (Å²) in [7, 11) is 2.85. The van der Waals surface area contributed by atoms with E-state index in [1.807, 2.05) is 17.0 Å². The third-order valence-electron chi connectivity index (χ3n) is 4.64. The largest absolute Gasteiger partial charge is 0.493 e. The van der Waals surface area contributed by atoms with E-state index in [0.717, 1.165) is 12.0 Å². The second kappa shape index (κ2) is 9.08. The Hall–Kier alpha value is -3.28. The van der Waals surface area contributed by atoms with E-state index in [2.05, 4.69) is 16.9 Å². The Kier molecular flexibility index (Phi) is 6.32. The summed E-state index contributed by atoms with van der Waals surface area (Å²) in [5, 5.41) is 0. The van der Waals surface area contributed by atoms with Crippen LogP contribution in [-0.4, -0.2) is 44.1 Å². The first kappa shape index (κ1) is 19.5. The third kappa shape index (κ3) is 4.71. The molecule has 0 fully saturated rings. The van der Waals surface area contributed by atoms with E-state index < -0.39 is 5.97 Å². The Morgan fingerprint density at radius 2 is 1.86 bits per heavy atom. The molecule has 0 radical (unpaired) electrons. The number of nitrogens with zero attached hydrogens (tertiary/aromatic N) is 1. The number of carbonyl (C=O) groups excluding carboxylic acids is 2. The first-order valence-corrected chi connectivity index (χ1v) is 9.02. The predicted octanol–water partition coefficient (Wildman–Crippen LogP) is 2.85. The van der Waals surface area contributed by atoms with Crippen LogP contribution >= 0.6 is 0 Å². The quantitative estimate of drug-likeness (QED) is 0.569. The van der Waals surface area contributed by atoms with Crippen LogP contribution in [0.25, 0.3) is 6.08 Å². The van der Waals surface area contributed by atoms with Gasteiger partial charge in [-0.1, -0.05) is 30.3 Å². The van der Waals surface area contributed by atoms with Crippen molar-refractivity contribution in [3.05, 3.63) is 65.2 Å². The average molecular weight is 381 g/mol. The average Bonchev–Trinajstić information content (AvgIpc) is 2.75. The summed E-state index contributed by atoms with van der Waals surface area (Å²) < 4.78 is 15.6. The Labute approximate surface area is 164 Å². The summed E-state index contributed by atoms with van der Waals surface area (Å²) in [4.78, 5) is 25.6. The summed E-state index contributed by atoms with van der Waals surface area (Å²) in [5.74, 6) is 0.464. The smallest absolute Gasteiger partial charge is 0.330 e. The van der Waals surface area contributed by atoms with Gasteiger partial charge in [0.1, 0.15) is 0 Å². The lowest BCUT2D eigenvalue weighted by atomic mass is 10.00. The highest BCUT2D eigenvalue weighted by molar-refractivity contribution is 5.87. The maximum absolute atomic E-state index is 12.6. The monoisotopic (exact) mass is 381 g/mol. The fraction of sp³-hybridized carbons (Fsp3) is 0.273. The molecule has 1 heterocycles. The van der Waals surface area contributed by atoms with Crippen molar-refractivity contribution in [1.29, 1.82) is 0 Å². The van der Waals surface area contributed by atoms with Gasteiger partial charge in [0.25, 0.3) is 5.91 Å². The zero-order valence-corrected chi connectivity index (χ0v) is 16.0. The van der Waals surface area contributed by atoms with Crippen molar-refractivity contribution in [3.63, 3.8) is 0 Å². The van der Waals surface area contributed by atoms with E-state index in [1.54, 1.807) is 24.3 Å². The molecule has 1 aliphatic heterocycles. The standard InChI is InChI=1S/C22H23NO5/c1-26-20-13-16(8-10-22(25)27-2)7-9-19(20)28-15-21(24)23-12-11-17-5-3-4-6-18(17)14-23/h3-10,13H,11-12,14-15H2,1-2H3/b10-8+. The van der Waals surface area contributed by atoms with Gasteiger partial charge in [-0.15, -0.1) is 0 Å². The normalized spacial score (nSPS) is 13.1. The molecule has 146 valence electrons. The molecule has 0 atom stereocenters. The van der Waals surface area contributed by atoms with Crippen LogP contribution < -0.4 is 9.47 Å². The molecule has 0 N–H and O–H groups in total. The maximum Gasteiger partial charge on any atom is 0.330 e. The molecule has 0 saturated heterocycles. The van der Waals surface area contributed by atoms with E-state index in [0.29, 0.717) is 24.6 Å². The van der Waals surface area contributed by atoms with Gasteiger partial charge in [-0.2, -0.15) is 0 Å². The van der Waals surface area contributed by atoms with Crippen molar-refractivity contribution in [1.82, 2.24) is 4.90 Å².